The number of hydrogen-bond donors (Lipinski definition) is 0. The Morgan fingerprint density at radius 1 is 1.06 bits per heavy atom. The number of carbonyl (C=O) groups is 1. The summed E-state index contributed by atoms with van der Waals surface area (Å²) in [7, 11) is 0. The number of rotatable bonds is 4. The van der Waals surface area contributed by atoms with E-state index >= 15 is 0 Å². The first kappa shape index (κ1) is 13.6. The standard InChI is InChI=1S/C10H7F5O2/c11-9(12,13)8(16)10(14,15)17-6-7-4-2-1-3-5-7/h1-5H,6H2. The lowest BCUT2D eigenvalue weighted by molar-refractivity contribution is -0.262. The number of benzene rings is 1. The van der Waals surface area contributed by atoms with E-state index < -0.39 is 24.7 Å². The molecule has 2 nitrogen and oxygen atoms in total. The molecule has 1 rings (SSSR count). The van der Waals surface area contributed by atoms with Crippen molar-refractivity contribution in [3.63, 3.8) is 0 Å². The van der Waals surface area contributed by atoms with Crippen LogP contribution in [-0.4, -0.2) is 18.1 Å². The van der Waals surface area contributed by atoms with Gasteiger partial charge in [0.15, 0.2) is 0 Å². The lowest BCUT2D eigenvalue weighted by Crippen LogP contribution is -2.41. The fourth-order valence-corrected chi connectivity index (χ4v) is 0.979. The van der Waals surface area contributed by atoms with E-state index in [1.807, 2.05) is 0 Å². The highest BCUT2D eigenvalue weighted by atomic mass is 19.4. The molecule has 0 saturated heterocycles. The highest BCUT2D eigenvalue weighted by Gasteiger charge is 2.56. The second-order valence-electron chi connectivity index (χ2n) is 3.12. The van der Waals surface area contributed by atoms with Crippen LogP contribution in [-0.2, 0) is 16.1 Å². The quantitative estimate of drug-likeness (QED) is 0.772. The van der Waals surface area contributed by atoms with Gasteiger partial charge in [0, 0.05) is 0 Å². The summed E-state index contributed by atoms with van der Waals surface area (Å²) in [6, 6.07) is 7.37. The van der Waals surface area contributed by atoms with Crippen molar-refractivity contribution in [1.82, 2.24) is 0 Å². The Morgan fingerprint density at radius 2 is 1.59 bits per heavy atom. The smallest absolute Gasteiger partial charge is 0.309 e. The average molecular weight is 254 g/mol. The van der Waals surface area contributed by atoms with Crippen LogP contribution in [0.15, 0.2) is 30.3 Å². The summed E-state index contributed by atoms with van der Waals surface area (Å²) in [6.07, 6.45) is -10.5. The van der Waals surface area contributed by atoms with Gasteiger partial charge in [0.25, 0.3) is 0 Å². The molecule has 94 valence electrons. The van der Waals surface area contributed by atoms with Gasteiger partial charge in [-0.1, -0.05) is 30.3 Å². The van der Waals surface area contributed by atoms with Crippen LogP contribution in [0.25, 0.3) is 0 Å². The third-order valence-corrected chi connectivity index (χ3v) is 1.78. The van der Waals surface area contributed by atoms with E-state index in [4.69, 9.17) is 0 Å². The molecule has 0 aromatic heterocycles. The molecule has 0 amide bonds. The van der Waals surface area contributed by atoms with Crippen LogP contribution >= 0.6 is 0 Å². The molecule has 0 aliphatic heterocycles. The van der Waals surface area contributed by atoms with Crippen molar-refractivity contribution < 1.29 is 31.5 Å². The van der Waals surface area contributed by atoms with Crippen LogP contribution in [0.2, 0.25) is 0 Å². The second kappa shape index (κ2) is 4.79. The monoisotopic (exact) mass is 254 g/mol. The van der Waals surface area contributed by atoms with Gasteiger partial charge < -0.3 is 4.74 Å². The number of ketones is 1. The van der Waals surface area contributed by atoms with E-state index in [0.717, 1.165) is 0 Å². The molecule has 7 heteroatoms. The number of hydrogen-bond acceptors (Lipinski definition) is 2. The van der Waals surface area contributed by atoms with Crippen molar-refractivity contribution in [2.24, 2.45) is 0 Å². The summed E-state index contributed by atoms with van der Waals surface area (Å²) in [4.78, 5) is 10.3. The van der Waals surface area contributed by atoms with Gasteiger partial charge >= 0.3 is 18.1 Å². The summed E-state index contributed by atoms with van der Waals surface area (Å²) in [5.74, 6) is -3.21. The molecule has 1 aromatic carbocycles. The molecule has 17 heavy (non-hydrogen) atoms. The molecule has 0 atom stereocenters. The van der Waals surface area contributed by atoms with Crippen LogP contribution in [0, 0.1) is 0 Å². The zero-order chi connectivity index (χ0) is 13.1. The first-order valence-electron chi connectivity index (χ1n) is 4.41. The zero-order valence-corrected chi connectivity index (χ0v) is 8.30. The van der Waals surface area contributed by atoms with E-state index in [2.05, 4.69) is 4.74 Å². The number of carbonyl (C=O) groups excluding carboxylic acids is 1. The molecule has 0 fully saturated rings. The third-order valence-electron chi connectivity index (χ3n) is 1.78. The van der Waals surface area contributed by atoms with Gasteiger partial charge in [-0.2, -0.15) is 22.0 Å². The first-order valence-corrected chi connectivity index (χ1v) is 4.41. The molecule has 0 unspecified atom stereocenters. The Morgan fingerprint density at radius 3 is 2.06 bits per heavy atom. The number of Topliss-reactive ketones (excluding diaryl/α,β-unsaturated/α-hetero) is 1. The summed E-state index contributed by atoms with van der Waals surface area (Å²) >= 11 is 0. The van der Waals surface area contributed by atoms with Gasteiger partial charge in [0.2, 0.25) is 0 Å². The van der Waals surface area contributed by atoms with Crippen molar-refractivity contribution in [3.8, 4) is 0 Å². The fourth-order valence-electron chi connectivity index (χ4n) is 0.979. The molecule has 0 N–H and O–H groups in total. The van der Waals surface area contributed by atoms with Crippen molar-refractivity contribution in [2.45, 2.75) is 18.9 Å². The highest BCUT2D eigenvalue weighted by Crippen LogP contribution is 2.29. The molecule has 0 aliphatic rings. The van der Waals surface area contributed by atoms with E-state index in [1.54, 1.807) is 6.07 Å². The van der Waals surface area contributed by atoms with Crippen LogP contribution < -0.4 is 0 Å². The average Bonchev–Trinajstić information content (AvgIpc) is 2.26. The maximum absolute atomic E-state index is 12.7. The lowest BCUT2D eigenvalue weighted by Gasteiger charge is -2.16. The van der Waals surface area contributed by atoms with Gasteiger partial charge in [0.05, 0.1) is 6.61 Å². The van der Waals surface area contributed by atoms with Crippen molar-refractivity contribution in [1.29, 1.82) is 0 Å². The number of ether oxygens (including phenoxy) is 1. The number of halogens is 5. The highest BCUT2D eigenvalue weighted by molar-refractivity contribution is 5.89. The van der Waals surface area contributed by atoms with Gasteiger partial charge in [-0.25, -0.2) is 0 Å². The zero-order valence-electron chi connectivity index (χ0n) is 8.30. The predicted octanol–water partition coefficient (Wildman–Crippen LogP) is 2.93. The Balaban J connectivity index is 2.65. The summed E-state index contributed by atoms with van der Waals surface area (Å²) in [6.45, 7) is -0.782. The minimum absolute atomic E-state index is 0.238. The summed E-state index contributed by atoms with van der Waals surface area (Å²) < 4.78 is 64.4. The Labute approximate surface area is 93.0 Å². The van der Waals surface area contributed by atoms with Crippen LogP contribution in [0.5, 0.6) is 0 Å². The van der Waals surface area contributed by atoms with E-state index in [9.17, 15) is 26.7 Å². The number of alkyl halides is 5. The summed E-state index contributed by atoms with van der Waals surface area (Å²) in [5, 5.41) is 0. The van der Waals surface area contributed by atoms with Crippen LogP contribution in [0.4, 0.5) is 22.0 Å². The van der Waals surface area contributed by atoms with Gasteiger partial charge in [-0.15, -0.1) is 0 Å². The molecular formula is C10H7F5O2. The minimum atomic E-state index is -5.62. The molecule has 0 radical (unpaired) electrons. The van der Waals surface area contributed by atoms with Crippen molar-refractivity contribution in [3.05, 3.63) is 35.9 Å². The topological polar surface area (TPSA) is 26.3 Å². The van der Waals surface area contributed by atoms with Gasteiger partial charge in [0.1, 0.15) is 0 Å². The predicted molar refractivity (Wildman–Crippen MR) is 47.2 cm³/mol. The second-order valence-corrected chi connectivity index (χ2v) is 3.12. The Bertz CT molecular complexity index is 385. The lowest BCUT2D eigenvalue weighted by atomic mass is 10.2. The van der Waals surface area contributed by atoms with E-state index in [-0.39, 0.29) is 5.56 Å². The SMILES string of the molecule is O=C(C(F)(F)F)C(F)(F)OCc1ccccc1. The summed E-state index contributed by atoms with van der Waals surface area (Å²) in [5.41, 5.74) is 0.238. The van der Waals surface area contributed by atoms with Crippen molar-refractivity contribution >= 4 is 5.78 Å². The van der Waals surface area contributed by atoms with E-state index in [0.29, 0.717) is 0 Å². The van der Waals surface area contributed by atoms with Crippen molar-refractivity contribution in [2.75, 3.05) is 0 Å². The molecule has 0 spiro atoms. The molecule has 0 bridgehead atoms. The normalized spacial score (nSPS) is 12.5. The van der Waals surface area contributed by atoms with E-state index in [1.165, 1.54) is 24.3 Å². The Hall–Kier alpha value is -1.50. The fraction of sp³-hybridized carbons (Fsp3) is 0.300. The molecule has 1 aromatic rings. The largest absolute Gasteiger partial charge is 0.459 e. The molecule has 0 aliphatic carbocycles. The minimum Gasteiger partial charge on any atom is -0.309 e. The van der Waals surface area contributed by atoms with Gasteiger partial charge in [-0.3, -0.25) is 4.79 Å². The van der Waals surface area contributed by atoms with Gasteiger partial charge in [-0.05, 0) is 5.56 Å². The first-order chi connectivity index (χ1) is 7.73. The Kier molecular flexibility index (Phi) is 3.82. The maximum Gasteiger partial charge on any atom is 0.459 e. The molecule has 0 heterocycles. The molecule has 0 saturated carbocycles. The van der Waals surface area contributed by atoms with Crippen LogP contribution in [0.1, 0.15) is 5.56 Å². The third kappa shape index (κ3) is 3.77. The maximum atomic E-state index is 12.7. The van der Waals surface area contributed by atoms with Crippen LogP contribution in [0.3, 0.4) is 0 Å². The molecular weight excluding hydrogens is 247 g/mol.